The molecule has 1 amide bonds. The third-order valence-electron chi connectivity index (χ3n) is 6.77. The highest BCUT2D eigenvalue weighted by atomic mass is 16.2. The topological polar surface area (TPSA) is 29.2 Å². The third-order valence-corrected chi connectivity index (χ3v) is 6.77. The summed E-state index contributed by atoms with van der Waals surface area (Å²) < 4.78 is 0. The molecule has 0 bridgehead atoms. The standard InChI is InChI=1S/C19H35N3O/c1-16-8-4-7-13-22(16)19(23)17(2)20-14-9-18(10-15-20)21-11-5-3-6-12-21/h16-18H,3-15H2,1-2H3/p+2/t16-,17+/m0/s1. The summed E-state index contributed by atoms with van der Waals surface area (Å²) >= 11 is 0. The van der Waals surface area contributed by atoms with Crippen LogP contribution in [0.2, 0.25) is 0 Å². The summed E-state index contributed by atoms with van der Waals surface area (Å²) in [6.07, 6.45) is 10.6. The van der Waals surface area contributed by atoms with Crippen LogP contribution in [0.15, 0.2) is 0 Å². The normalized spacial score (nSPS) is 35.0. The van der Waals surface area contributed by atoms with Crippen molar-refractivity contribution in [3.8, 4) is 0 Å². The van der Waals surface area contributed by atoms with Crippen LogP contribution < -0.4 is 9.80 Å². The van der Waals surface area contributed by atoms with E-state index in [1.165, 1.54) is 77.5 Å². The highest BCUT2D eigenvalue weighted by Crippen LogP contribution is 2.17. The molecule has 4 nitrogen and oxygen atoms in total. The molecule has 0 aliphatic carbocycles. The molecule has 0 aromatic carbocycles. The van der Waals surface area contributed by atoms with E-state index >= 15 is 0 Å². The van der Waals surface area contributed by atoms with Gasteiger partial charge in [0.05, 0.1) is 32.2 Å². The molecule has 0 spiro atoms. The largest absolute Gasteiger partial charge is 0.335 e. The summed E-state index contributed by atoms with van der Waals surface area (Å²) in [5.41, 5.74) is 0. The fourth-order valence-corrected chi connectivity index (χ4v) is 5.09. The zero-order valence-electron chi connectivity index (χ0n) is 15.3. The molecule has 0 aromatic rings. The van der Waals surface area contributed by atoms with Crippen molar-refractivity contribution in [2.45, 2.75) is 83.3 Å². The first-order chi connectivity index (χ1) is 11.2. The Morgan fingerprint density at radius 3 is 2.30 bits per heavy atom. The molecule has 132 valence electrons. The summed E-state index contributed by atoms with van der Waals surface area (Å²) in [5, 5.41) is 0. The molecule has 2 N–H and O–H groups in total. The lowest BCUT2D eigenvalue weighted by atomic mass is 9.98. The first-order valence-electron chi connectivity index (χ1n) is 10.2. The van der Waals surface area contributed by atoms with Crippen molar-refractivity contribution in [2.75, 3.05) is 32.7 Å². The summed E-state index contributed by atoms with van der Waals surface area (Å²) in [5.74, 6) is 0.413. The molecular weight excluding hydrogens is 286 g/mol. The van der Waals surface area contributed by atoms with E-state index in [1.54, 1.807) is 4.90 Å². The maximum Gasteiger partial charge on any atom is 0.280 e. The lowest BCUT2D eigenvalue weighted by molar-refractivity contribution is -0.965. The van der Waals surface area contributed by atoms with Gasteiger partial charge in [-0.1, -0.05) is 0 Å². The lowest BCUT2D eigenvalue weighted by Crippen LogP contribution is -3.22. The number of likely N-dealkylation sites (tertiary alicyclic amines) is 3. The fraction of sp³-hybridized carbons (Fsp3) is 0.947. The lowest BCUT2D eigenvalue weighted by Gasteiger charge is -2.40. The molecule has 4 heteroatoms. The second-order valence-electron chi connectivity index (χ2n) is 8.25. The molecular formula is C19H37N3O+2. The van der Waals surface area contributed by atoms with Gasteiger partial charge in [0.15, 0.2) is 6.04 Å². The van der Waals surface area contributed by atoms with Crippen molar-refractivity contribution < 1.29 is 14.6 Å². The van der Waals surface area contributed by atoms with Gasteiger partial charge < -0.3 is 14.7 Å². The van der Waals surface area contributed by atoms with Gasteiger partial charge in [0.25, 0.3) is 5.91 Å². The zero-order chi connectivity index (χ0) is 16.2. The molecule has 3 heterocycles. The first kappa shape index (κ1) is 17.2. The van der Waals surface area contributed by atoms with E-state index in [0.717, 1.165) is 12.6 Å². The number of nitrogens with zero attached hydrogens (tertiary/aromatic N) is 1. The van der Waals surface area contributed by atoms with Crippen molar-refractivity contribution in [3.05, 3.63) is 0 Å². The van der Waals surface area contributed by atoms with Gasteiger partial charge >= 0.3 is 0 Å². The van der Waals surface area contributed by atoms with Gasteiger partial charge in [-0.3, -0.25) is 4.79 Å². The Morgan fingerprint density at radius 2 is 1.65 bits per heavy atom. The molecule has 0 unspecified atom stereocenters. The number of quaternary nitrogens is 2. The van der Waals surface area contributed by atoms with Crippen LogP contribution in [0.25, 0.3) is 0 Å². The SMILES string of the molecule is C[C@H](C(=O)N1CCCC[C@@H]1C)[NH+]1CCC([NH+]2CCCCC2)CC1. The Labute approximate surface area is 142 Å². The monoisotopic (exact) mass is 323 g/mol. The van der Waals surface area contributed by atoms with Gasteiger partial charge in [0.2, 0.25) is 0 Å². The number of carbonyl (C=O) groups is 1. The summed E-state index contributed by atoms with van der Waals surface area (Å²) in [6.45, 7) is 10.6. The van der Waals surface area contributed by atoms with Crippen molar-refractivity contribution >= 4 is 5.91 Å². The van der Waals surface area contributed by atoms with Gasteiger partial charge in [-0.15, -0.1) is 0 Å². The van der Waals surface area contributed by atoms with Gasteiger partial charge in [-0.25, -0.2) is 0 Å². The van der Waals surface area contributed by atoms with Crippen LogP contribution >= 0.6 is 0 Å². The van der Waals surface area contributed by atoms with Crippen LogP contribution in [0.4, 0.5) is 0 Å². The Kier molecular flexibility index (Phi) is 5.97. The van der Waals surface area contributed by atoms with E-state index in [0.29, 0.717) is 11.9 Å². The van der Waals surface area contributed by atoms with Crippen LogP contribution in [0.1, 0.15) is 65.2 Å². The van der Waals surface area contributed by atoms with Crippen LogP contribution in [0.3, 0.4) is 0 Å². The second-order valence-corrected chi connectivity index (χ2v) is 8.25. The van der Waals surface area contributed by atoms with E-state index in [2.05, 4.69) is 18.7 Å². The smallest absolute Gasteiger partial charge is 0.280 e. The number of nitrogens with one attached hydrogen (secondary N) is 2. The molecule has 0 saturated carbocycles. The number of rotatable bonds is 3. The van der Waals surface area contributed by atoms with E-state index in [-0.39, 0.29) is 6.04 Å². The minimum atomic E-state index is 0.160. The molecule has 2 atom stereocenters. The minimum absolute atomic E-state index is 0.160. The minimum Gasteiger partial charge on any atom is -0.335 e. The number of amides is 1. The number of carbonyl (C=O) groups excluding carboxylic acids is 1. The Hall–Kier alpha value is -0.610. The predicted octanol–water partition coefficient (Wildman–Crippen LogP) is -0.108. The van der Waals surface area contributed by atoms with Gasteiger partial charge in [0, 0.05) is 25.4 Å². The Morgan fingerprint density at radius 1 is 0.957 bits per heavy atom. The third kappa shape index (κ3) is 4.08. The number of hydrogen-bond acceptors (Lipinski definition) is 1. The molecule has 3 saturated heterocycles. The maximum absolute atomic E-state index is 12.9. The molecule has 3 aliphatic rings. The van der Waals surface area contributed by atoms with E-state index in [9.17, 15) is 4.79 Å². The van der Waals surface area contributed by atoms with Crippen molar-refractivity contribution in [2.24, 2.45) is 0 Å². The van der Waals surface area contributed by atoms with Gasteiger partial charge in [-0.05, 0) is 52.4 Å². The molecule has 0 aromatic heterocycles. The van der Waals surface area contributed by atoms with E-state index in [1.807, 2.05) is 4.90 Å². The summed E-state index contributed by atoms with van der Waals surface area (Å²) in [6, 6.07) is 1.48. The summed E-state index contributed by atoms with van der Waals surface area (Å²) in [7, 11) is 0. The fourth-order valence-electron chi connectivity index (χ4n) is 5.09. The molecule has 0 radical (unpaired) electrons. The number of piperidine rings is 3. The average molecular weight is 324 g/mol. The molecule has 3 fully saturated rings. The second kappa shape index (κ2) is 7.98. The molecule has 3 aliphatic heterocycles. The van der Waals surface area contributed by atoms with E-state index < -0.39 is 0 Å². The van der Waals surface area contributed by atoms with Crippen molar-refractivity contribution in [3.63, 3.8) is 0 Å². The molecule has 23 heavy (non-hydrogen) atoms. The quantitative estimate of drug-likeness (QED) is 0.746. The zero-order valence-corrected chi connectivity index (χ0v) is 15.3. The van der Waals surface area contributed by atoms with Crippen molar-refractivity contribution in [1.82, 2.24) is 4.90 Å². The van der Waals surface area contributed by atoms with Crippen LogP contribution in [0, 0.1) is 0 Å². The predicted molar refractivity (Wildman–Crippen MR) is 92.8 cm³/mol. The maximum atomic E-state index is 12.9. The Balaban J connectivity index is 1.49. The first-order valence-corrected chi connectivity index (χ1v) is 10.2. The number of hydrogen-bond donors (Lipinski definition) is 2. The Bertz CT molecular complexity index is 386. The highest BCUT2D eigenvalue weighted by Gasteiger charge is 2.37. The summed E-state index contributed by atoms with van der Waals surface area (Å²) in [4.78, 5) is 18.5. The van der Waals surface area contributed by atoms with Gasteiger partial charge in [-0.2, -0.15) is 0 Å². The highest BCUT2D eigenvalue weighted by molar-refractivity contribution is 5.80. The van der Waals surface area contributed by atoms with Gasteiger partial charge in [0.1, 0.15) is 0 Å². The molecule has 3 rings (SSSR count). The van der Waals surface area contributed by atoms with Crippen LogP contribution in [0.5, 0.6) is 0 Å². The van der Waals surface area contributed by atoms with Crippen LogP contribution in [-0.4, -0.2) is 61.7 Å². The van der Waals surface area contributed by atoms with Crippen molar-refractivity contribution in [1.29, 1.82) is 0 Å². The average Bonchev–Trinajstić information content (AvgIpc) is 2.62. The van der Waals surface area contributed by atoms with Crippen LogP contribution in [-0.2, 0) is 4.79 Å². The van der Waals surface area contributed by atoms with E-state index in [4.69, 9.17) is 0 Å².